The van der Waals surface area contributed by atoms with E-state index < -0.39 is 14.9 Å². The van der Waals surface area contributed by atoms with E-state index in [4.69, 9.17) is 5.14 Å². The lowest BCUT2D eigenvalue weighted by Gasteiger charge is -2.12. The van der Waals surface area contributed by atoms with Crippen LogP contribution in [0.15, 0.2) is 23.1 Å². The molecule has 0 radical (unpaired) electrons. The number of nitro groups is 1. The van der Waals surface area contributed by atoms with E-state index in [2.05, 4.69) is 10.6 Å². The molecule has 1 unspecified atom stereocenters. The van der Waals surface area contributed by atoms with Crippen molar-refractivity contribution >= 4 is 21.4 Å². The molecule has 1 aliphatic rings. The molecule has 1 heterocycles. The van der Waals surface area contributed by atoms with Gasteiger partial charge in [0, 0.05) is 18.7 Å². The average molecular weight is 314 g/mol. The Morgan fingerprint density at radius 2 is 2.24 bits per heavy atom. The first-order valence-electron chi connectivity index (χ1n) is 6.66. The van der Waals surface area contributed by atoms with Crippen LogP contribution < -0.4 is 15.8 Å². The lowest BCUT2D eigenvalue weighted by Crippen LogP contribution is -2.24. The highest BCUT2D eigenvalue weighted by molar-refractivity contribution is 7.89. The van der Waals surface area contributed by atoms with Crippen LogP contribution in [0.3, 0.4) is 0 Å². The number of nitrogens with zero attached hydrogens (tertiary/aromatic N) is 1. The van der Waals surface area contributed by atoms with E-state index in [1.807, 2.05) is 0 Å². The van der Waals surface area contributed by atoms with Crippen LogP contribution in [-0.2, 0) is 10.0 Å². The Labute approximate surface area is 122 Å². The van der Waals surface area contributed by atoms with Gasteiger partial charge in [-0.3, -0.25) is 10.1 Å². The van der Waals surface area contributed by atoms with E-state index in [1.54, 1.807) is 0 Å². The molecule has 21 heavy (non-hydrogen) atoms. The molecule has 1 aromatic rings. The topological polar surface area (TPSA) is 127 Å². The Balaban J connectivity index is 2.09. The lowest BCUT2D eigenvalue weighted by molar-refractivity contribution is -0.384. The maximum absolute atomic E-state index is 11.2. The molecule has 0 bridgehead atoms. The normalized spacial score (nSPS) is 18.6. The fourth-order valence-corrected chi connectivity index (χ4v) is 2.91. The number of sulfonamides is 1. The van der Waals surface area contributed by atoms with Gasteiger partial charge >= 0.3 is 0 Å². The Hall–Kier alpha value is -1.71. The molecule has 2 rings (SSSR count). The third-order valence-electron chi connectivity index (χ3n) is 3.47. The molecule has 0 spiro atoms. The zero-order chi connectivity index (χ0) is 15.5. The van der Waals surface area contributed by atoms with Crippen molar-refractivity contribution in [3.05, 3.63) is 28.3 Å². The summed E-state index contributed by atoms with van der Waals surface area (Å²) in [5.74, 6) is 0. The smallest absolute Gasteiger partial charge is 0.293 e. The second-order valence-corrected chi connectivity index (χ2v) is 6.55. The second-order valence-electron chi connectivity index (χ2n) is 4.99. The lowest BCUT2D eigenvalue weighted by atomic mass is 10.1. The van der Waals surface area contributed by atoms with Gasteiger partial charge in [0.2, 0.25) is 10.0 Å². The Morgan fingerprint density at radius 3 is 2.81 bits per heavy atom. The predicted molar refractivity (Wildman–Crippen MR) is 78.6 cm³/mol. The van der Waals surface area contributed by atoms with Crippen LogP contribution in [0.2, 0.25) is 0 Å². The first kappa shape index (κ1) is 15.7. The molecular formula is C12H18N4O4S. The summed E-state index contributed by atoms with van der Waals surface area (Å²) in [5, 5.41) is 22.3. The number of primary sulfonamides is 1. The number of rotatable bonds is 6. The molecule has 9 heteroatoms. The molecule has 1 aliphatic heterocycles. The molecule has 1 aromatic carbocycles. The maximum atomic E-state index is 11.2. The third-order valence-corrected chi connectivity index (χ3v) is 4.38. The highest BCUT2D eigenvalue weighted by Crippen LogP contribution is 2.27. The minimum absolute atomic E-state index is 0.266. The summed E-state index contributed by atoms with van der Waals surface area (Å²) in [6, 6.07) is 4.05. The summed E-state index contributed by atoms with van der Waals surface area (Å²) >= 11 is 0. The monoisotopic (exact) mass is 314 g/mol. The number of nitro benzene ring substituents is 1. The number of anilines is 1. The van der Waals surface area contributed by atoms with Gasteiger partial charge in [-0.05, 0) is 37.9 Å². The quantitative estimate of drug-likeness (QED) is 0.526. The van der Waals surface area contributed by atoms with E-state index in [0.717, 1.165) is 31.9 Å². The number of nitrogens with two attached hydrogens (primary N) is 1. The van der Waals surface area contributed by atoms with Gasteiger partial charge in [-0.2, -0.15) is 0 Å². The highest BCUT2D eigenvalue weighted by atomic mass is 32.2. The SMILES string of the molecule is NS(=O)(=O)c1ccc(NCCC2CCCN2)c([N+](=O)[O-])c1. The van der Waals surface area contributed by atoms with Crippen LogP contribution in [0.1, 0.15) is 19.3 Å². The fraction of sp³-hybridized carbons (Fsp3) is 0.500. The highest BCUT2D eigenvalue weighted by Gasteiger charge is 2.19. The molecule has 8 nitrogen and oxygen atoms in total. The van der Waals surface area contributed by atoms with E-state index >= 15 is 0 Å². The molecule has 116 valence electrons. The predicted octanol–water partition coefficient (Wildman–Crippen LogP) is 0.796. The minimum atomic E-state index is -3.95. The standard InChI is InChI=1S/C12H18N4O4S/c13-21(19,20)10-3-4-11(12(8-10)16(17)18)15-7-5-9-2-1-6-14-9/h3-4,8-9,14-15H,1-2,5-7H2,(H2,13,19,20). The van der Waals surface area contributed by atoms with Gasteiger partial charge in [-0.1, -0.05) is 0 Å². The van der Waals surface area contributed by atoms with Crippen molar-refractivity contribution in [2.45, 2.75) is 30.2 Å². The van der Waals surface area contributed by atoms with Crippen molar-refractivity contribution in [1.82, 2.24) is 5.32 Å². The first-order chi connectivity index (χ1) is 9.88. The van der Waals surface area contributed by atoms with Crippen LogP contribution in [0.25, 0.3) is 0 Å². The fourth-order valence-electron chi connectivity index (χ4n) is 2.37. The van der Waals surface area contributed by atoms with Gasteiger partial charge in [-0.25, -0.2) is 13.6 Å². The molecule has 0 aliphatic carbocycles. The van der Waals surface area contributed by atoms with Gasteiger partial charge in [0.15, 0.2) is 0 Å². The summed E-state index contributed by atoms with van der Waals surface area (Å²) in [7, 11) is -3.95. The summed E-state index contributed by atoms with van der Waals surface area (Å²) in [6.07, 6.45) is 3.11. The summed E-state index contributed by atoms with van der Waals surface area (Å²) in [6.45, 7) is 1.58. The van der Waals surface area contributed by atoms with Crippen molar-refractivity contribution in [3.63, 3.8) is 0 Å². The summed E-state index contributed by atoms with van der Waals surface area (Å²) < 4.78 is 22.5. The Kier molecular flexibility index (Phi) is 4.76. The maximum Gasteiger partial charge on any atom is 0.293 e. The minimum Gasteiger partial charge on any atom is -0.379 e. The molecule has 0 saturated carbocycles. The van der Waals surface area contributed by atoms with Crippen LogP contribution in [0.4, 0.5) is 11.4 Å². The van der Waals surface area contributed by atoms with Crippen LogP contribution in [0.5, 0.6) is 0 Å². The number of hydrogen-bond donors (Lipinski definition) is 3. The van der Waals surface area contributed by atoms with Gasteiger partial charge in [-0.15, -0.1) is 0 Å². The molecule has 1 saturated heterocycles. The Morgan fingerprint density at radius 1 is 1.48 bits per heavy atom. The number of hydrogen-bond acceptors (Lipinski definition) is 6. The molecule has 1 fully saturated rings. The first-order valence-corrected chi connectivity index (χ1v) is 8.21. The summed E-state index contributed by atoms with van der Waals surface area (Å²) in [5.41, 5.74) is 0.00584. The van der Waals surface area contributed by atoms with Crippen LogP contribution >= 0.6 is 0 Å². The van der Waals surface area contributed by atoms with Crippen molar-refractivity contribution < 1.29 is 13.3 Å². The molecule has 0 amide bonds. The van der Waals surface area contributed by atoms with E-state index in [9.17, 15) is 18.5 Å². The summed E-state index contributed by atoms with van der Waals surface area (Å²) in [4.78, 5) is 10.2. The largest absolute Gasteiger partial charge is 0.379 e. The average Bonchev–Trinajstić information content (AvgIpc) is 2.90. The van der Waals surface area contributed by atoms with Crippen molar-refractivity contribution in [2.75, 3.05) is 18.4 Å². The van der Waals surface area contributed by atoms with Crippen LogP contribution in [0, 0.1) is 10.1 Å². The molecule has 0 aromatic heterocycles. The van der Waals surface area contributed by atoms with E-state index in [0.29, 0.717) is 18.3 Å². The second kappa shape index (κ2) is 6.37. The van der Waals surface area contributed by atoms with E-state index in [1.165, 1.54) is 12.1 Å². The zero-order valence-electron chi connectivity index (χ0n) is 11.4. The van der Waals surface area contributed by atoms with Gasteiger partial charge in [0.05, 0.1) is 9.82 Å². The van der Waals surface area contributed by atoms with Gasteiger partial charge in [0.25, 0.3) is 5.69 Å². The molecular weight excluding hydrogens is 296 g/mol. The number of benzene rings is 1. The van der Waals surface area contributed by atoms with Crippen molar-refractivity contribution in [2.24, 2.45) is 5.14 Å². The van der Waals surface area contributed by atoms with Crippen molar-refractivity contribution in [1.29, 1.82) is 0 Å². The van der Waals surface area contributed by atoms with Crippen molar-refractivity contribution in [3.8, 4) is 0 Å². The molecule has 1 atom stereocenters. The van der Waals surface area contributed by atoms with Crippen LogP contribution in [-0.4, -0.2) is 32.5 Å². The van der Waals surface area contributed by atoms with Gasteiger partial charge < -0.3 is 10.6 Å². The number of nitrogens with one attached hydrogen (secondary N) is 2. The van der Waals surface area contributed by atoms with E-state index in [-0.39, 0.29) is 10.6 Å². The van der Waals surface area contributed by atoms with Gasteiger partial charge in [0.1, 0.15) is 5.69 Å². The Bertz CT molecular complexity index is 626. The molecule has 4 N–H and O–H groups in total. The zero-order valence-corrected chi connectivity index (χ0v) is 12.2. The third kappa shape index (κ3) is 4.13.